The number of amides is 2. The molecule has 0 atom stereocenters. The summed E-state index contributed by atoms with van der Waals surface area (Å²) in [5.41, 5.74) is 1.08. The van der Waals surface area contributed by atoms with E-state index in [9.17, 15) is 9.59 Å². The normalized spacial score (nSPS) is 11.5. The van der Waals surface area contributed by atoms with Crippen LogP contribution in [0, 0.1) is 0 Å². The van der Waals surface area contributed by atoms with Crippen LogP contribution in [-0.4, -0.2) is 174 Å². The number of hydrogen-bond acceptors (Lipinski definition) is 12. The van der Waals surface area contributed by atoms with Gasteiger partial charge in [-0.15, -0.1) is 0 Å². The van der Waals surface area contributed by atoms with Crippen molar-refractivity contribution in [2.45, 2.75) is 90.9 Å². The summed E-state index contributed by atoms with van der Waals surface area (Å²) in [7, 11) is 9.27. The van der Waals surface area contributed by atoms with Gasteiger partial charge in [-0.25, -0.2) is 0 Å². The molecule has 342 valence electrons. The zero-order chi connectivity index (χ0) is 44.5. The van der Waals surface area contributed by atoms with Gasteiger partial charge in [-0.05, 0) is 128 Å². The van der Waals surface area contributed by atoms with Crippen LogP contribution in [0.15, 0.2) is 34.1 Å². The second-order valence-electron chi connectivity index (χ2n) is 14.7. The van der Waals surface area contributed by atoms with Gasteiger partial charge in [0, 0.05) is 36.0 Å². The van der Waals surface area contributed by atoms with Gasteiger partial charge >= 0.3 is 0 Å². The van der Waals surface area contributed by atoms with Crippen LogP contribution in [-0.2, 0) is 0 Å². The van der Waals surface area contributed by atoms with Crippen molar-refractivity contribution in [3.8, 4) is 23.0 Å². The number of benzene rings is 2. The number of ether oxygens (including phenoxy) is 4. The SMILES string of the molecule is CCN(CC)CCCN(CCCN(CC)CC)C(=O)c1cc(OC)c(OC)cc1SSc1cc(OC)c(OC)cc1C(=O)N(CCCN(CC)CC)CCCN(CC)CC. The minimum absolute atomic E-state index is 0.0469. The predicted molar refractivity (Wildman–Crippen MR) is 252 cm³/mol. The molecule has 0 saturated heterocycles. The first-order valence-corrected chi connectivity index (χ1v) is 24.6. The van der Waals surface area contributed by atoms with E-state index >= 15 is 0 Å². The lowest BCUT2D eigenvalue weighted by Gasteiger charge is -2.28. The summed E-state index contributed by atoms with van der Waals surface area (Å²) in [5.74, 6) is 1.96. The van der Waals surface area contributed by atoms with Crippen LogP contribution < -0.4 is 18.9 Å². The van der Waals surface area contributed by atoms with Crippen molar-refractivity contribution >= 4 is 33.4 Å². The highest BCUT2D eigenvalue weighted by molar-refractivity contribution is 8.76. The van der Waals surface area contributed by atoms with E-state index < -0.39 is 0 Å². The average molecular weight is 877 g/mol. The Morgan fingerprint density at radius 3 is 0.850 bits per heavy atom. The van der Waals surface area contributed by atoms with E-state index in [1.54, 1.807) is 40.6 Å². The summed E-state index contributed by atoms with van der Waals surface area (Å²) in [6, 6.07) is 7.37. The molecule has 12 nitrogen and oxygen atoms in total. The van der Waals surface area contributed by atoms with Crippen molar-refractivity contribution in [1.82, 2.24) is 29.4 Å². The lowest BCUT2D eigenvalue weighted by molar-refractivity contribution is 0.0729. The minimum Gasteiger partial charge on any atom is -0.493 e. The van der Waals surface area contributed by atoms with Gasteiger partial charge in [0.05, 0.1) is 39.6 Å². The number of rotatable bonds is 33. The molecule has 2 aromatic carbocycles. The van der Waals surface area contributed by atoms with Crippen molar-refractivity contribution in [3.63, 3.8) is 0 Å². The third kappa shape index (κ3) is 16.8. The molecule has 0 fully saturated rings. The van der Waals surface area contributed by atoms with Crippen molar-refractivity contribution in [2.75, 3.05) is 133 Å². The number of carbonyl (C=O) groups is 2. The third-order valence-electron chi connectivity index (χ3n) is 11.4. The molecule has 2 rings (SSSR count). The maximum absolute atomic E-state index is 14.8. The summed E-state index contributed by atoms with van der Waals surface area (Å²) < 4.78 is 23.0. The molecule has 0 aliphatic carbocycles. The first-order chi connectivity index (χ1) is 29.1. The zero-order valence-electron chi connectivity index (χ0n) is 39.4. The Hall–Kier alpha value is -2.88. The van der Waals surface area contributed by atoms with E-state index in [-0.39, 0.29) is 11.8 Å². The van der Waals surface area contributed by atoms with Gasteiger partial charge < -0.3 is 48.3 Å². The topological polar surface area (TPSA) is 90.5 Å². The summed E-state index contributed by atoms with van der Waals surface area (Å²) >= 11 is 0. The quantitative estimate of drug-likeness (QED) is 0.0647. The Morgan fingerprint density at radius 2 is 0.633 bits per heavy atom. The van der Waals surface area contributed by atoms with Gasteiger partial charge in [-0.2, -0.15) is 0 Å². The summed E-state index contributed by atoms with van der Waals surface area (Å²) in [6.45, 7) is 31.5. The Labute approximate surface area is 372 Å². The second kappa shape index (κ2) is 30.2. The van der Waals surface area contributed by atoms with E-state index in [0.29, 0.717) is 60.3 Å². The van der Waals surface area contributed by atoms with Crippen LogP contribution in [0.4, 0.5) is 0 Å². The molecule has 0 heterocycles. The van der Waals surface area contributed by atoms with Crippen LogP contribution in [0.1, 0.15) is 102 Å². The molecular weight excluding hydrogens is 797 g/mol. The molecule has 0 aliphatic heterocycles. The molecule has 2 amide bonds. The summed E-state index contributed by atoms with van der Waals surface area (Å²) in [5, 5.41) is 0. The smallest absolute Gasteiger partial charge is 0.255 e. The van der Waals surface area contributed by atoms with Gasteiger partial charge in [0.1, 0.15) is 0 Å². The van der Waals surface area contributed by atoms with Gasteiger partial charge in [-0.1, -0.05) is 77.0 Å². The van der Waals surface area contributed by atoms with Crippen LogP contribution in [0.25, 0.3) is 0 Å². The molecule has 0 aromatic heterocycles. The Bertz CT molecular complexity index is 1370. The van der Waals surface area contributed by atoms with Gasteiger partial charge in [-0.3, -0.25) is 9.59 Å². The molecule has 0 unspecified atom stereocenters. The second-order valence-corrected chi connectivity index (χ2v) is 16.9. The maximum Gasteiger partial charge on any atom is 0.255 e. The average Bonchev–Trinajstić information content (AvgIpc) is 3.28. The summed E-state index contributed by atoms with van der Waals surface area (Å²) in [4.78, 5) is 44.6. The molecule has 60 heavy (non-hydrogen) atoms. The molecule has 2 aromatic rings. The summed E-state index contributed by atoms with van der Waals surface area (Å²) in [6.07, 6.45) is 3.50. The van der Waals surface area contributed by atoms with Crippen molar-refractivity contribution in [2.24, 2.45) is 0 Å². The molecule has 0 bridgehead atoms. The van der Waals surface area contributed by atoms with E-state index in [0.717, 1.165) is 114 Å². The molecule has 0 spiro atoms. The van der Waals surface area contributed by atoms with Crippen molar-refractivity contribution in [3.05, 3.63) is 35.4 Å². The van der Waals surface area contributed by atoms with E-state index in [2.05, 4.69) is 75.0 Å². The minimum atomic E-state index is -0.0469. The highest BCUT2D eigenvalue weighted by atomic mass is 33.1. The molecule has 0 N–H and O–H groups in total. The Balaban J connectivity index is 2.62. The number of nitrogens with zero attached hydrogens (tertiary/aromatic N) is 6. The van der Waals surface area contributed by atoms with Crippen molar-refractivity contribution in [1.29, 1.82) is 0 Å². The Kier molecular flexibility index (Phi) is 26.8. The van der Waals surface area contributed by atoms with Crippen LogP contribution in [0.2, 0.25) is 0 Å². The first kappa shape index (κ1) is 53.3. The lowest BCUT2D eigenvalue weighted by Crippen LogP contribution is -2.37. The fraction of sp³-hybridized carbons (Fsp3) is 0.696. The van der Waals surface area contributed by atoms with E-state index in [4.69, 9.17) is 18.9 Å². The first-order valence-electron chi connectivity index (χ1n) is 22.4. The molecule has 0 aliphatic rings. The standard InChI is InChI=1S/C46H80N6O6S2/c1-13-47(14-2)25-21-29-51(30-22-26-48(15-3)16-4)45(53)37-33-39(55-9)41(57-11)35-43(37)59-60-44-36-42(58-12)40(56-10)34-38(44)46(54)52(31-23-27-49(17-5)18-6)32-24-28-50(19-7)20-8/h33-36H,13-32H2,1-12H3. The maximum atomic E-state index is 14.8. The Morgan fingerprint density at radius 1 is 0.400 bits per heavy atom. The highest BCUT2D eigenvalue weighted by Crippen LogP contribution is 2.47. The highest BCUT2D eigenvalue weighted by Gasteiger charge is 2.26. The van der Waals surface area contributed by atoms with Crippen LogP contribution in [0.5, 0.6) is 23.0 Å². The predicted octanol–water partition coefficient (Wildman–Crippen LogP) is 8.33. The number of methoxy groups -OCH3 is 4. The van der Waals surface area contributed by atoms with Gasteiger partial charge in [0.2, 0.25) is 0 Å². The zero-order valence-corrected chi connectivity index (χ0v) is 41.0. The van der Waals surface area contributed by atoms with Crippen molar-refractivity contribution < 1.29 is 28.5 Å². The fourth-order valence-electron chi connectivity index (χ4n) is 7.35. The van der Waals surface area contributed by atoms with Crippen LogP contribution >= 0.6 is 21.6 Å². The lowest BCUT2D eigenvalue weighted by atomic mass is 10.1. The monoisotopic (exact) mass is 877 g/mol. The molecule has 0 saturated carbocycles. The largest absolute Gasteiger partial charge is 0.493 e. The van der Waals surface area contributed by atoms with Gasteiger partial charge in [0.15, 0.2) is 23.0 Å². The van der Waals surface area contributed by atoms with E-state index in [1.165, 1.54) is 21.6 Å². The fourth-order valence-corrected chi connectivity index (χ4v) is 9.68. The van der Waals surface area contributed by atoms with Crippen LogP contribution in [0.3, 0.4) is 0 Å². The number of hydrogen-bond donors (Lipinski definition) is 0. The third-order valence-corrected chi connectivity index (χ3v) is 13.9. The molecule has 0 radical (unpaired) electrons. The molecule has 14 heteroatoms. The van der Waals surface area contributed by atoms with Gasteiger partial charge in [0.25, 0.3) is 11.8 Å². The molecular formula is C46H80N6O6S2. The van der Waals surface area contributed by atoms with E-state index in [1.807, 2.05) is 21.9 Å². The number of carbonyl (C=O) groups excluding carboxylic acids is 2.